The molecule has 0 saturated carbocycles. The lowest BCUT2D eigenvalue weighted by Gasteiger charge is -2.22. The van der Waals surface area contributed by atoms with E-state index >= 15 is 0 Å². The molecule has 0 spiro atoms. The van der Waals surface area contributed by atoms with E-state index in [1.165, 1.54) is 7.11 Å². The Morgan fingerprint density at radius 1 is 0.853 bits per heavy atom. The Hall–Kier alpha value is -1.59. The summed E-state index contributed by atoms with van der Waals surface area (Å²) in [5.74, 6) is -5.98. The van der Waals surface area contributed by atoms with Crippen LogP contribution in [-0.2, 0) is 37.8 Å². The van der Waals surface area contributed by atoms with Gasteiger partial charge in [0.15, 0.2) is 15.1 Å². The van der Waals surface area contributed by atoms with Crippen molar-refractivity contribution in [1.29, 1.82) is 0 Å². The highest BCUT2D eigenvalue weighted by Crippen LogP contribution is 2.23. The second-order valence-corrected chi connectivity index (χ2v) is 14.2. The molecule has 11 heteroatoms. The molecule has 0 aromatic carbocycles. The fraction of sp³-hybridized carbons (Fsp3) is 0.870. The van der Waals surface area contributed by atoms with Crippen LogP contribution >= 0.6 is 0 Å². The maximum absolute atomic E-state index is 12.9. The van der Waals surface area contributed by atoms with Crippen molar-refractivity contribution in [2.75, 3.05) is 33.7 Å². The molecule has 0 radical (unpaired) electrons. The minimum absolute atomic E-state index is 0.127. The molecule has 3 unspecified atom stereocenters. The van der Waals surface area contributed by atoms with Crippen LogP contribution in [-0.4, -0.2) is 65.9 Å². The monoisotopic (exact) mass is 512 g/mol. The van der Waals surface area contributed by atoms with Crippen LogP contribution in [0.25, 0.3) is 0 Å². The van der Waals surface area contributed by atoms with Gasteiger partial charge >= 0.3 is 17.9 Å². The number of hydrogen-bond donors (Lipinski definition) is 0. The summed E-state index contributed by atoms with van der Waals surface area (Å²) in [6, 6.07) is 0. The van der Waals surface area contributed by atoms with Crippen molar-refractivity contribution in [3.8, 4) is 0 Å². The predicted molar refractivity (Wildman–Crippen MR) is 125 cm³/mol. The first kappa shape index (κ1) is 32.4. The van der Waals surface area contributed by atoms with Crippen molar-refractivity contribution in [3.63, 3.8) is 0 Å². The Morgan fingerprint density at radius 3 is 2.00 bits per heavy atom. The zero-order chi connectivity index (χ0) is 26.4. The van der Waals surface area contributed by atoms with Gasteiger partial charge in [0.25, 0.3) is 0 Å². The first-order valence-electron chi connectivity index (χ1n) is 11.7. The molecule has 0 amide bonds. The van der Waals surface area contributed by atoms with Gasteiger partial charge in [0, 0.05) is 13.5 Å². The minimum atomic E-state index is -2.89. The van der Waals surface area contributed by atoms with Gasteiger partial charge in [-0.05, 0) is 45.8 Å². The van der Waals surface area contributed by atoms with Crippen LogP contribution in [0.15, 0.2) is 0 Å². The van der Waals surface area contributed by atoms with E-state index in [1.54, 1.807) is 13.8 Å². The van der Waals surface area contributed by atoms with Gasteiger partial charge in [0.1, 0.15) is 6.61 Å². The Labute approximate surface area is 203 Å². The van der Waals surface area contributed by atoms with Gasteiger partial charge in [-0.1, -0.05) is 20.3 Å². The lowest BCUT2D eigenvalue weighted by atomic mass is 9.90. The van der Waals surface area contributed by atoms with Gasteiger partial charge in [-0.3, -0.25) is 14.4 Å². The molecule has 0 saturated heterocycles. The van der Waals surface area contributed by atoms with E-state index in [1.807, 2.05) is 19.6 Å². The Morgan fingerprint density at radius 2 is 1.44 bits per heavy atom. The van der Waals surface area contributed by atoms with E-state index in [0.717, 1.165) is 6.92 Å². The van der Waals surface area contributed by atoms with E-state index in [9.17, 15) is 23.2 Å². The molecule has 0 heterocycles. The summed E-state index contributed by atoms with van der Waals surface area (Å²) in [4.78, 5) is 36.9. The number of ether oxygens (including phenoxy) is 4. The van der Waals surface area contributed by atoms with Gasteiger partial charge in [0.05, 0.1) is 31.0 Å². The third kappa shape index (κ3) is 16.9. The normalized spacial score (nSPS) is 14.7. The van der Waals surface area contributed by atoms with E-state index in [-0.39, 0.29) is 33.0 Å². The zero-order valence-electron chi connectivity index (χ0n) is 21.6. The maximum Gasteiger partial charge on any atom is 0.311 e. The van der Waals surface area contributed by atoms with Crippen LogP contribution in [0.2, 0.25) is 19.6 Å². The summed E-state index contributed by atoms with van der Waals surface area (Å²) in [7, 11) is -0.363. The smallest absolute Gasteiger partial charge is 0.311 e. The number of hydrogen-bond acceptors (Lipinski definition) is 8. The summed E-state index contributed by atoms with van der Waals surface area (Å²) >= 11 is 0. The molecule has 0 aromatic heterocycles. The summed E-state index contributed by atoms with van der Waals surface area (Å²) in [5.41, 5.74) is 0. The highest BCUT2D eigenvalue weighted by Gasteiger charge is 2.28. The van der Waals surface area contributed by atoms with Gasteiger partial charge in [-0.25, -0.2) is 8.78 Å². The third-order valence-corrected chi connectivity index (χ3v) is 5.96. The van der Waals surface area contributed by atoms with E-state index in [0.29, 0.717) is 19.3 Å². The molecule has 0 aliphatic carbocycles. The number of esters is 3. The number of halogens is 2. The first-order valence-corrected chi connectivity index (χ1v) is 15.1. The molecule has 34 heavy (non-hydrogen) atoms. The molecular weight excluding hydrogens is 470 g/mol. The quantitative estimate of drug-likeness (QED) is 0.0866. The molecule has 0 bridgehead atoms. The summed E-state index contributed by atoms with van der Waals surface area (Å²) in [6.07, 6.45) is 0.967. The fourth-order valence-corrected chi connectivity index (χ4v) is 3.28. The second-order valence-electron chi connectivity index (χ2n) is 9.65. The Bertz CT molecular complexity index is 619. The Kier molecular flexibility index (Phi) is 15.4. The van der Waals surface area contributed by atoms with Crippen LogP contribution in [0.3, 0.4) is 0 Å². The zero-order valence-corrected chi connectivity index (χ0v) is 22.6. The van der Waals surface area contributed by atoms with E-state index in [2.05, 4.69) is 0 Å². The van der Waals surface area contributed by atoms with Gasteiger partial charge in [-0.2, -0.15) is 0 Å². The lowest BCUT2D eigenvalue weighted by Crippen LogP contribution is -2.30. The van der Waals surface area contributed by atoms with Crippen molar-refractivity contribution in [3.05, 3.63) is 0 Å². The van der Waals surface area contributed by atoms with Crippen LogP contribution in [0.4, 0.5) is 8.78 Å². The Balaban J connectivity index is 4.80. The van der Waals surface area contributed by atoms with Gasteiger partial charge < -0.3 is 23.4 Å². The lowest BCUT2D eigenvalue weighted by molar-refractivity contribution is -0.158. The average molecular weight is 513 g/mol. The molecule has 8 nitrogen and oxygen atoms in total. The summed E-state index contributed by atoms with van der Waals surface area (Å²) in [6.45, 7) is 9.92. The van der Waals surface area contributed by atoms with Crippen molar-refractivity contribution in [2.24, 2.45) is 17.8 Å². The SMILES string of the molecule is COCCOC(=O)C(C)CC(CCCC(C)C(=O)OCCC(C)(F)F)C(=O)OCO[Si](C)(C)C. The molecule has 3 atom stereocenters. The maximum atomic E-state index is 12.9. The molecular formula is C23H42F2O8Si. The van der Waals surface area contributed by atoms with Crippen molar-refractivity contribution < 1.29 is 46.5 Å². The number of alkyl halides is 2. The number of carbonyl (C=O) groups excluding carboxylic acids is 3. The predicted octanol–water partition coefficient (Wildman–Crippen LogP) is 4.57. The first-order chi connectivity index (χ1) is 15.7. The third-order valence-electron chi connectivity index (χ3n) is 4.98. The van der Waals surface area contributed by atoms with E-state index < -0.39 is 56.3 Å². The molecule has 0 aliphatic rings. The van der Waals surface area contributed by atoms with Crippen molar-refractivity contribution >= 4 is 26.2 Å². The number of rotatable bonds is 18. The largest absolute Gasteiger partial charge is 0.465 e. The molecule has 0 N–H and O–H groups in total. The molecule has 0 rings (SSSR count). The highest BCUT2D eigenvalue weighted by atomic mass is 28.4. The average Bonchev–Trinajstić information content (AvgIpc) is 2.70. The number of methoxy groups -OCH3 is 1. The molecule has 0 aromatic rings. The van der Waals surface area contributed by atoms with Gasteiger partial charge in [0.2, 0.25) is 5.92 Å². The van der Waals surface area contributed by atoms with Gasteiger partial charge in [-0.15, -0.1) is 0 Å². The molecule has 0 aliphatic heterocycles. The minimum Gasteiger partial charge on any atom is -0.465 e. The number of carbonyl (C=O) groups is 3. The molecule has 200 valence electrons. The van der Waals surface area contributed by atoms with Crippen LogP contribution in [0.1, 0.15) is 52.9 Å². The van der Waals surface area contributed by atoms with Crippen molar-refractivity contribution in [1.82, 2.24) is 0 Å². The topological polar surface area (TPSA) is 97.4 Å². The highest BCUT2D eigenvalue weighted by molar-refractivity contribution is 6.69. The second kappa shape index (κ2) is 16.1. The summed E-state index contributed by atoms with van der Waals surface area (Å²) < 4.78 is 51.5. The van der Waals surface area contributed by atoms with E-state index in [4.69, 9.17) is 23.4 Å². The summed E-state index contributed by atoms with van der Waals surface area (Å²) in [5, 5.41) is 0. The van der Waals surface area contributed by atoms with Crippen LogP contribution in [0, 0.1) is 17.8 Å². The standard InChI is InChI=1S/C23H42F2O8Si/c1-17(20(26)30-12-11-23(3,24)25)9-8-10-19(22(28)32-16-33-34(5,6)7)15-18(2)21(27)31-14-13-29-4/h17-19H,8-16H2,1-7H3. The van der Waals surface area contributed by atoms with Crippen LogP contribution < -0.4 is 0 Å². The molecule has 0 fully saturated rings. The fourth-order valence-electron chi connectivity index (χ4n) is 2.87. The van der Waals surface area contributed by atoms with Crippen molar-refractivity contribution in [2.45, 2.75) is 78.4 Å². The van der Waals surface area contributed by atoms with Crippen LogP contribution in [0.5, 0.6) is 0 Å².